The number of benzene rings is 3. The van der Waals surface area contributed by atoms with Gasteiger partial charge in [0.25, 0.3) is 17.7 Å². The first-order chi connectivity index (χ1) is 17.0. The number of nitrogens with one attached hydrogen (secondary N) is 2. The van der Waals surface area contributed by atoms with Crippen LogP contribution < -0.4 is 20.5 Å². The lowest BCUT2D eigenvalue weighted by atomic mass is 10.0. The summed E-state index contributed by atoms with van der Waals surface area (Å²) in [6, 6.07) is 23.9. The van der Waals surface area contributed by atoms with Gasteiger partial charge in [0.05, 0.1) is 22.5 Å². The maximum Gasteiger partial charge on any atom is 0.270 e. The number of amides is 3. The third-order valence-electron chi connectivity index (χ3n) is 5.73. The molecule has 1 aromatic heterocycles. The first kappa shape index (κ1) is 22.1. The van der Waals surface area contributed by atoms with Crippen molar-refractivity contribution in [1.82, 2.24) is 15.8 Å². The second-order valence-electron chi connectivity index (χ2n) is 8.18. The maximum absolute atomic E-state index is 13.1. The van der Waals surface area contributed by atoms with Gasteiger partial charge in [-0.25, -0.2) is 4.98 Å². The summed E-state index contributed by atoms with van der Waals surface area (Å²) in [6.07, 6.45) is 0. The number of aryl methyl sites for hydroxylation is 1. The molecule has 0 aliphatic carbocycles. The van der Waals surface area contributed by atoms with E-state index in [0.29, 0.717) is 33.6 Å². The highest BCUT2D eigenvalue weighted by Crippen LogP contribution is 2.31. The number of carbonyl (C=O) groups is 3. The second kappa shape index (κ2) is 9.26. The van der Waals surface area contributed by atoms with Crippen LogP contribution in [0.3, 0.4) is 0 Å². The fourth-order valence-electron chi connectivity index (χ4n) is 3.94. The summed E-state index contributed by atoms with van der Waals surface area (Å²) >= 11 is 0. The topological polar surface area (TPSA) is 101 Å². The molecule has 0 bridgehead atoms. The van der Waals surface area contributed by atoms with Crippen LogP contribution in [0.5, 0.6) is 5.75 Å². The van der Waals surface area contributed by atoms with Crippen molar-refractivity contribution in [3.63, 3.8) is 0 Å². The Morgan fingerprint density at radius 2 is 1.71 bits per heavy atom. The fraction of sp³-hybridized carbons (Fsp3) is 0.111. The van der Waals surface area contributed by atoms with Gasteiger partial charge >= 0.3 is 0 Å². The SMILES string of the molecule is Cc1ccc(-c2cc(C(=O)NNC(=O)CN3C(=O)COc4ccccc43)c3ccccc3n2)cc1. The van der Waals surface area contributed by atoms with Gasteiger partial charge in [0.1, 0.15) is 12.3 Å². The number of hydrazine groups is 1. The Bertz CT molecular complexity index is 1450. The lowest BCUT2D eigenvalue weighted by Gasteiger charge is -2.28. The molecular formula is C27H22N4O4. The smallest absolute Gasteiger partial charge is 0.270 e. The normalized spacial score (nSPS) is 12.6. The zero-order valence-corrected chi connectivity index (χ0v) is 18.9. The van der Waals surface area contributed by atoms with Crippen molar-refractivity contribution in [2.24, 2.45) is 0 Å². The van der Waals surface area contributed by atoms with E-state index < -0.39 is 11.8 Å². The predicted molar refractivity (Wildman–Crippen MR) is 132 cm³/mol. The number of para-hydroxylation sites is 3. The van der Waals surface area contributed by atoms with Crippen LogP contribution in [-0.4, -0.2) is 35.9 Å². The number of hydrogen-bond acceptors (Lipinski definition) is 5. The molecule has 0 atom stereocenters. The van der Waals surface area contributed by atoms with Crippen molar-refractivity contribution in [2.45, 2.75) is 6.92 Å². The molecule has 8 heteroatoms. The van der Waals surface area contributed by atoms with Crippen molar-refractivity contribution < 1.29 is 19.1 Å². The Kier molecular flexibility index (Phi) is 5.85. The minimum absolute atomic E-state index is 0.151. The summed E-state index contributed by atoms with van der Waals surface area (Å²) in [5, 5.41) is 0.660. The molecule has 0 unspecified atom stereocenters. The molecule has 3 amide bonds. The summed E-state index contributed by atoms with van der Waals surface area (Å²) in [7, 11) is 0. The Balaban J connectivity index is 1.35. The fourth-order valence-corrected chi connectivity index (χ4v) is 3.94. The molecule has 1 aliphatic heterocycles. The Morgan fingerprint density at radius 1 is 0.971 bits per heavy atom. The van der Waals surface area contributed by atoms with Gasteiger partial charge in [-0.1, -0.05) is 60.2 Å². The monoisotopic (exact) mass is 466 g/mol. The molecule has 8 nitrogen and oxygen atoms in total. The van der Waals surface area contributed by atoms with Gasteiger partial charge < -0.3 is 4.74 Å². The quantitative estimate of drug-likeness (QED) is 0.449. The van der Waals surface area contributed by atoms with E-state index >= 15 is 0 Å². The Labute approximate surface area is 201 Å². The second-order valence-corrected chi connectivity index (χ2v) is 8.18. The Hall–Kier alpha value is -4.72. The summed E-state index contributed by atoms with van der Waals surface area (Å²) in [5.41, 5.74) is 9.08. The molecule has 0 saturated heterocycles. The average molecular weight is 466 g/mol. The van der Waals surface area contributed by atoms with Gasteiger partial charge in [0.15, 0.2) is 6.61 Å². The van der Waals surface area contributed by atoms with Gasteiger partial charge in [-0.15, -0.1) is 0 Å². The largest absolute Gasteiger partial charge is 0.482 e. The average Bonchev–Trinajstić information content (AvgIpc) is 2.88. The van der Waals surface area contributed by atoms with Crippen molar-refractivity contribution in [3.05, 3.63) is 90.0 Å². The van der Waals surface area contributed by atoms with Crippen molar-refractivity contribution in [1.29, 1.82) is 0 Å². The molecule has 1 aliphatic rings. The van der Waals surface area contributed by atoms with Gasteiger partial charge in [-0.05, 0) is 31.2 Å². The predicted octanol–water partition coefficient (Wildman–Crippen LogP) is 3.40. The van der Waals surface area contributed by atoms with Crippen molar-refractivity contribution in [3.8, 4) is 17.0 Å². The summed E-state index contributed by atoms with van der Waals surface area (Å²) in [5.74, 6) is -0.844. The minimum atomic E-state index is -0.541. The number of anilines is 1. The van der Waals surface area contributed by atoms with Crippen LogP contribution in [-0.2, 0) is 9.59 Å². The van der Waals surface area contributed by atoms with E-state index in [9.17, 15) is 14.4 Å². The van der Waals surface area contributed by atoms with Crippen LogP contribution in [0.4, 0.5) is 5.69 Å². The van der Waals surface area contributed by atoms with E-state index in [2.05, 4.69) is 10.9 Å². The van der Waals surface area contributed by atoms with Crippen LogP contribution >= 0.6 is 0 Å². The number of carbonyl (C=O) groups excluding carboxylic acids is 3. The van der Waals surface area contributed by atoms with Crippen molar-refractivity contribution >= 4 is 34.3 Å². The third kappa shape index (κ3) is 4.54. The van der Waals surface area contributed by atoms with Crippen LogP contribution in [0.15, 0.2) is 78.9 Å². The number of hydrogen-bond donors (Lipinski definition) is 2. The third-order valence-corrected chi connectivity index (χ3v) is 5.73. The summed E-state index contributed by atoms with van der Waals surface area (Å²) < 4.78 is 5.40. The molecule has 0 spiro atoms. The molecule has 2 N–H and O–H groups in total. The zero-order valence-electron chi connectivity index (χ0n) is 18.9. The minimum Gasteiger partial charge on any atom is -0.482 e. The number of fused-ring (bicyclic) bond motifs is 2. The molecule has 5 rings (SSSR count). The van der Waals surface area contributed by atoms with Crippen molar-refractivity contribution in [2.75, 3.05) is 18.1 Å². The standard InChI is InChI=1S/C27H22N4O4/c1-17-10-12-18(13-11-17)22-14-20(19-6-2-3-7-21(19)28-22)27(34)30-29-25(32)15-31-23-8-4-5-9-24(23)35-16-26(31)33/h2-14H,15-16H2,1H3,(H,29,32)(H,30,34). The van der Waals surface area contributed by atoms with E-state index in [1.807, 2.05) is 49.4 Å². The highest BCUT2D eigenvalue weighted by molar-refractivity contribution is 6.08. The first-order valence-corrected chi connectivity index (χ1v) is 11.1. The highest BCUT2D eigenvalue weighted by atomic mass is 16.5. The molecule has 0 saturated carbocycles. The van der Waals surface area contributed by atoms with Gasteiger partial charge in [0.2, 0.25) is 0 Å². The Morgan fingerprint density at radius 3 is 2.54 bits per heavy atom. The highest BCUT2D eigenvalue weighted by Gasteiger charge is 2.27. The first-order valence-electron chi connectivity index (χ1n) is 11.1. The number of nitrogens with zero attached hydrogens (tertiary/aromatic N) is 2. The molecule has 0 fully saturated rings. The lowest BCUT2D eigenvalue weighted by molar-refractivity contribution is -0.125. The van der Waals surface area contributed by atoms with E-state index in [1.54, 1.807) is 36.4 Å². The molecule has 4 aromatic rings. The molecular weight excluding hydrogens is 444 g/mol. The summed E-state index contributed by atoms with van der Waals surface area (Å²) in [4.78, 5) is 44.1. The van der Waals surface area contributed by atoms with E-state index in [4.69, 9.17) is 9.72 Å². The number of aromatic nitrogens is 1. The summed E-state index contributed by atoms with van der Waals surface area (Å²) in [6.45, 7) is 1.59. The molecule has 35 heavy (non-hydrogen) atoms. The van der Waals surface area contributed by atoms with Gasteiger partial charge in [0, 0.05) is 10.9 Å². The van der Waals surface area contributed by atoms with Crippen LogP contribution in [0, 0.1) is 6.92 Å². The number of ether oxygens (including phenoxy) is 1. The number of pyridine rings is 1. The zero-order chi connectivity index (χ0) is 24.4. The molecule has 2 heterocycles. The number of rotatable bonds is 4. The van der Waals surface area contributed by atoms with Crippen LogP contribution in [0.2, 0.25) is 0 Å². The molecule has 0 radical (unpaired) electrons. The lowest BCUT2D eigenvalue weighted by Crippen LogP contribution is -2.49. The van der Waals surface area contributed by atoms with Crippen LogP contribution in [0.25, 0.3) is 22.2 Å². The van der Waals surface area contributed by atoms with E-state index in [0.717, 1.165) is 11.1 Å². The van der Waals surface area contributed by atoms with Gasteiger partial charge in [-0.3, -0.25) is 30.1 Å². The van der Waals surface area contributed by atoms with E-state index in [1.165, 1.54) is 4.90 Å². The van der Waals surface area contributed by atoms with Crippen LogP contribution in [0.1, 0.15) is 15.9 Å². The van der Waals surface area contributed by atoms with E-state index in [-0.39, 0.29) is 19.1 Å². The van der Waals surface area contributed by atoms with Gasteiger partial charge in [-0.2, -0.15) is 0 Å². The maximum atomic E-state index is 13.1. The molecule has 174 valence electrons. The molecule has 3 aromatic carbocycles.